The average molecular weight is 363 g/mol. The fourth-order valence-corrected chi connectivity index (χ4v) is 3.47. The van der Waals surface area contributed by atoms with Crippen LogP contribution >= 0.6 is 0 Å². The fraction of sp³-hybridized carbons (Fsp3) is 0.263. The van der Waals surface area contributed by atoms with Crippen LogP contribution in [0, 0.1) is 0 Å². The van der Waals surface area contributed by atoms with E-state index in [4.69, 9.17) is 9.26 Å². The van der Waals surface area contributed by atoms with E-state index in [1.54, 1.807) is 23.4 Å². The number of ether oxygens (including phenoxy) is 1. The molecule has 0 radical (unpaired) electrons. The Morgan fingerprint density at radius 1 is 1.00 bits per heavy atom. The topological polar surface area (TPSA) is 84.6 Å². The molecule has 0 aliphatic carbocycles. The lowest BCUT2D eigenvalue weighted by Gasteiger charge is -2.34. The maximum absolute atomic E-state index is 13.0. The number of benzene rings is 1. The number of para-hydroxylation sites is 1. The fourth-order valence-electron chi connectivity index (χ4n) is 3.47. The number of nitrogens with zero attached hydrogens (tertiary/aromatic N) is 5. The number of carbonyl (C=O) groups excluding carboxylic acids is 1. The predicted molar refractivity (Wildman–Crippen MR) is 96.4 cm³/mol. The normalized spacial score (nSPS) is 15.7. The molecule has 1 saturated heterocycles. The number of hydrogen-bond donors (Lipinski definition) is 0. The highest BCUT2D eigenvalue weighted by Crippen LogP contribution is 2.38. The van der Waals surface area contributed by atoms with Crippen molar-refractivity contribution in [3.05, 3.63) is 54.0 Å². The summed E-state index contributed by atoms with van der Waals surface area (Å²) >= 11 is 0. The molecular weight excluding hydrogens is 346 g/mol. The minimum atomic E-state index is -0.128. The number of hydrogen-bond acceptors (Lipinski definition) is 7. The largest absolute Gasteiger partial charge is 0.488 e. The number of aromatic nitrogens is 3. The van der Waals surface area contributed by atoms with Crippen molar-refractivity contribution in [3.63, 3.8) is 0 Å². The quantitative estimate of drug-likeness (QED) is 0.688. The summed E-state index contributed by atoms with van der Waals surface area (Å²) in [5, 5.41) is 4.06. The van der Waals surface area contributed by atoms with E-state index in [0.29, 0.717) is 49.1 Å². The van der Waals surface area contributed by atoms with Crippen LogP contribution in [0.1, 0.15) is 16.1 Å². The smallest absolute Gasteiger partial charge is 0.276 e. The molecule has 8 heteroatoms. The molecule has 136 valence electrons. The number of carbonyl (C=O) groups is 1. The first-order valence-corrected chi connectivity index (χ1v) is 8.83. The highest BCUT2D eigenvalue weighted by molar-refractivity contribution is 5.95. The Labute approximate surface area is 155 Å². The van der Waals surface area contributed by atoms with E-state index in [2.05, 4.69) is 20.0 Å². The summed E-state index contributed by atoms with van der Waals surface area (Å²) < 4.78 is 11.3. The predicted octanol–water partition coefficient (Wildman–Crippen LogP) is 1.99. The van der Waals surface area contributed by atoms with Gasteiger partial charge in [-0.1, -0.05) is 17.3 Å². The molecule has 8 nitrogen and oxygen atoms in total. The van der Waals surface area contributed by atoms with Crippen LogP contribution in [-0.4, -0.2) is 52.1 Å². The van der Waals surface area contributed by atoms with Gasteiger partial charge in [0, 0.05) is 38.6 Å². The highest BCUT2D eigenvalue weighted by atomic mass is 16.5. The second-order valence-corrected chi connectivity index (χ2v) is 6.45. The van der Waals surface area contributed by atoms with Crippen molar-refractivity contribution in [2.75, 3.05) is 31.1 Å². The molecule has 0 unspecified atom stereocenters. The lowest BCUT2D eigenvalue weighted by Crippen LogP contribution is -2.49. The molecule has 0 atom stereocenters. The lowest BCUT2D eigenvalue weighted by atomic mass is 10.0. The number of piperazine rings is 1. The summed E-state index contributed by atoms with van der Waals surface area (Å²) in [7, 11) is 0. The third-order valence-electron chi connectivity index (χ3n) is 4.90. The molecule has 2 aliphatic heterocycles. The second kappa shape index (κ2) is 6.39. The van der Waals surface area contributed by atoms with Crippen LogP contribution in [0.15, 0.2) is 47.2 Å². The van der Waals surface area contributed by atoms with E-state index < -0.39 is 0 Å². The zero-order valence-electron chi connectivity index (χ0n) is 14.5. The van der Waals surface area contributed by atoms with Crippen LogP contribution in [0.5, 0.6) is 5.75 Å². The summed E-state index contributed by atoms with van der Waals surface area (Å²) in [6, 6.07) is 9.39. The first-order chi connectivity index (χ1) is 13.3. The van der Waals surface area contributed by atoms with E-state index in [1.165, 1.54) is 0 Å². The van der Waals surface area contributed by atoms with Gasteiger partial charge in [-0.2, -0.15) is 0 Å². The number of fused-ring (bicyclic) bond motifs is 3. The van der Waals surface area contributed by atoms with Gasteiger partial charge in [-0.25, -0.2) is 9.97 Å². The molecule has 2 aromatic heterocycles. The molecule has 0 bridgehead atoms. The van der Waals surface area contributed by atoms with Crippen molar-refractivity contribution >= 4 is 11.9 Å². The number of anilines is 1. The zero-order valence-corrected chi connectivity index (χ0v) is 14.5. The van der Waals surface area contributed by atoms with Gasteiger partial charge in [-0.3, -0.25) is 4.79 Å². The maximum Gasteiger partial charge on any atom is 0.276 e. The van der Waals surface area contributed by atoms with Crippen LogP contribution in [0.2, 0.25) is 0 Å². The van der Waals surface area contributed by atoms with Gasteiger partial charge in [0.2, 0.25) is 5.95 Å². The molecule has 4 heterocycles. The minimum absolute atomic E-state index is 0.128. The third kappa shape index (κ3) is 2.69. The standard InChI is InChI=1S/C19H17N5O3/c25-18(23-8-10-24(11-9-23)19-20-6-3-7-21-19)16-14-12-26-15-5-2-1-4-13(15)17(14)27-22-16/h1-7H,8-12H2. The minimum Gasteiger partial charge on any atom is -0.488 e. The van der Waals surface area contributed by atoms with E-state index in [-0.39, 0.29) is 12.5 Å². The van der Waals surface area contributed by atoms with E-state index in [0.717, 1.165) is 11.3 Å². The van der Waals surface area contributed by atoms with Crippen LogP contribution in [0.3, 0.4) is 0 Å². The van der Waals surface area contributed by atoms with Gasteiger partial charge in [0.1, 0.15) is 12.4 Å². The molecule has 1 amide bonds. The molecule has 0 saturated carbocycles. The molecule has 2 aliphatic rings. The summed E-state index contributed by atoms with van der Waals surface area (Å²) in [6.07, 6.45) is 3.44. The number of rotatable bonds is 2. The van der Waals surface area contributed by atoms with Crippen molar-refractivity contribution < 1.29 is 14.1 Å². The van der Waals surface area contributed by atoms with Crippen LogP contribution in [0.4, 0.5) is 5.95 Å². The lowest BCUT2D eigenvalue weighted by molar-refractivity contribution is 0.0733. The van der Waals surface area contributed by atoms with Crippen molar-refractivity contribution in [3.8, 4) is 17.1 Å². The van der Waals surface area contributed by atoms with Gasteiger partial charge in [-0.05, 0) is 18.2 Å². The molecule has 1 aromatic carbocycles. The third-order valence-corrected chi connectivity index (χ3v) is 4.90. The van der Waals surface area contributed by atoms with Crippen LogP contribution < -0.4 is 9.64 Å². The highest BCUT2D eigenvalue weighted by Gasteiger charge is 2.32. The van der Waals surface area contributed by atoms with Crippen molar-refractivity contribution in [2.24, 2.45) is 0 Å². The van der Waals surface area contributed by atoms with Gasteiger partial charge < -0.3 is 19.1 Å². The van der Waals surface area contributed by atoms with Gasteiger partial charge in [0.25, 0.3) is 5.91 Å². The molecule has 0 spiro atoms. The van der Waals surface area contributed by atoms with Crippen LogP contribution in [0.25, 0.3) is 11.3 Å². The molecule has 3 aromatic rings. The van der Waals surface area contributed by atoms with E-state index in [1.807, 2.05) is 24.3 Å². The summed E-state index contributed by atoms with van der Waals surface area (Å²) in [4.78, 5) is 25.4. The Morgan fingerprint density at radius 3 is 2.59 bits per heavy atom. The van der Waals surface area contributed by atoms with Gasteiger partial charge >= 0.3 is 0 Å². The Kier molecular flexibility index (Phi) is 3.74. The first kappa shape index (κ1) is 15.8. The average Bonchev–Trinajstić information content (AvgIpc) is 3.19. The molecular formula is C19H17N5O3. The van der Waals surface area contributed by atoms with Crippen molar-refractivity contribution in [1.29, 1.82) is 0 Å². The Bertz CT molecular complexity index is 980. The zero-order chi connectivity index (χ0) is 18.2. The molecule has 1 fully saturated rings. The molecule has 27 heavy (non-hydrogen) atoms. The SMILES string of the molecule is O=C(c1noc2c1COc1ccccc1-2)N1CCN(c2ncccn2)CC1. The Balaban J connectivity index is 1.34. The summed E-state index contributed by atoms with van der Waals surface area (Å²) in [5.41, 5.74) is 1.88. The van der Waals surface area contributed by atoms with Crippen molar-refractivity contribution in [2.45, 2.75) is 6.61 Å². The van der Waals surface area contributed by atoms with Crippen LogP contribution in [-0.2, 0) is 6.61 Å². The van der Waals surface area contributed by atoms with Gasteiger partial charge in [-0.15, -0.1) is 0 Å². The summed E-state index contributed by atoms with van der Waals surface area (Å²) in [6.45, 7) is 2.80. The molecule has 5 rings (SSSR count). The van der Waals surface area contributed by atoms with E-state index in [9.17, 15) is 4.79 Å². The van der Waals surface area contributed by atoms with Gasteiger partial charge in [0.05, 0.1) is 11.1 Å². The maximum atomic E-state index is 13.0. The van der Waals surface area contributed by atoms with E-state index >= 15 is 0 Å². The Hall–Kier alpha value is -3.42. The van der Waals surface area contributed by atoms with Crippen molar-refractivity contribution in [1.82, 2.24) is 20.0 Å². The Morgan fingerprint density at radius 2 is 1.78 bits per heavy atom. The monoisotopic (exact) mass is 363 g/mol. The molecule has 0 N–H and O–H groups in total. The second-order valence-electron chi connectivity index (χ2n) is 6.45. The first-order valence-electron chi connectivity index (χ1n) is 8.83. The summed E-state index contributed by atoms with van der Waals surface area (Å²) in [5.74, 6) is 1.93. The number of amides is 1. The van der Waals surface area contributed by atoms with Gasteiger partial charge in [0.15, 0.2) is 11.5 Å².